The number of phenolic OH excluding ortho intramolecular Hbond substituents is 2. The zero-order valence-corrected chi connectivity index (χ0v) is 94.5. The van der Waals surface area contributed by atoms with E-state index in [2.05, 4.69) is 280 Å². The second-order valence-electron chi connectivity index (χ2n) is 44.7. The number of aliphatic hydroxyl groups is 2. The van der Waals surface area contributed by atoms with Crippen LogP contribution in [0.5, 0.6) is 11.5 Å². The standard InChI is InChI=1S/C36H56N2O2.C22H39N5O6Si2.C22H38N2O6Si2.C10H13N5O5.C7H7N3O2S.Co/c1-31(2,3)25-17-23(29(39)27(19-25)33(7,8)9)21-37-35(13,14)36(15,16)38-22-24-18-26(32(4,5)6)20-28(30(24)40)34(10,11)12;1-13(2)34(14(3)4)30-12-17-19(32-35(33-34,15(5)6)16(7)8)22(9,25-26-23)20(31-17)27-11-10-18(28)24-21(27)29;1-13(2)31(14(3)4)27-12-18-20(29-32(30-31,15(5)6)16(7)8)17(9)21(28-18)24-11-10-19(25)23-22(24)26;1-10(13-14-11)7(18)5(4-16)20-8(10)15-3-2-6(17)12-9(15)19;1-6-2-4-7(5-3-6)13(11,12)10-9-8;/h17-22,39-40H,1-16H3;10-11,13-17,19-20H,12H2,1-9H3,(H,24,28,29);10-11,13-16,18,20-21H,9,12H2,1-8H3,(H,23,25,26);2-3,5,7-8,16,18H,4H2,1H3,(H,12,17,19);2-5H,1H3;/t;17-,19-,20-,22-;18-,20+,21-;5-,7-,8-,10-;;/m.111../s1. The molecule has 0 amide bonds. The fourth-order valence-corrected chi connectivity index (χ4v) is 40.9. The fourth-order valence-electron chi connectivity index (χ4n) is 17.8. The first-order valence-corrected chi connectivity index (χ1v) is 56.9. The minimum Gasteiger partial charge on any atom is -0.507 e. The number of aliphatic hydroxyl groups excluding tert-OH is 2. The SMILES string of the molecule is C=C1[C@H](n2ccc(=O)[nH]c2=O)O[C@@H]2CO[Si](C(C)C)(C(C)C)O[Si](C(C)C)(C(C)C)O[C@@H]12.CC(C)(C)c1cc(C=NC(C)(C)C(C)(C)N=Cc2cc(C(C)(C)C)cc(C(C)(C)C)c2O)c(O)c(C(C)(C)C)c1.CC(C)[Si]1(C(C)C)OC[C@H]2O[C@@H](n3ccc(=O)[nH]c3=O)[C@](C)(N=[N+]=[N-])[C@@H]2O[Si](C(C)C)(C(C)C)O1.C[C@@]1(N=[N+]=[N-])[C@H](O)[C@@H](CO)O[C@H]1n1ccc(=O)[nH]c1=O.Cc1ccc(S(=O)(=O)N=[N+]=[N-])cc1.[Co]. The summed E-state index contributed by atoms with van der Waals surface area (Å²) in [7, 11) is -15.1. The third-order valence-electron chi connectivity index (χ3n) is 27.1. The van der Waals surface area contributed by atoms with Crippen molar-refractivity contribution in [3.63, 3.8) is 0 Å². The van der Waals surface area contributed by atoms with Gasteiger partial charge in [-0.25, -0.2) is 22.8 Å². The van der Waals surface area contributed by atoms with Gasteiger partial charge < -0.3 is 60.6 Å². The number of hydrogen-bond donors (Lipinski definition) is 7. The van der Waals surface area contributed by atoms with E-state index in [1.54, 1.807) is 31.5 Å². The van der Waals surface area contributed by atoms with Gasteiger partial charge in [0.15, 0.2) is 18.7 Å². The molecule has 11 atom stereocenters. The van der Waals surface area contributed by atoms with Gasteiger partial charge in [-0.2, -0.15) is 0 Å². The predicted molar refractivity (Wildman–Crippen MR) is 553 cm³/mol. The van der Waals surface area contributed by atoms with Gasteiger partial charge in [-0.1, -0.05) is 241 Å². The summed E-state index contributed by atoms with van der Waals surface area (Å²) in [6.45, 7) is 77.5. The quantitative estimate of drug-likeness (QED) is 0.00878. The number of aromatic amines is 3. The molecule has 5 saturated heterocycles. The number of phenols is 2. The molecule has 1 radical (unpaired) electrons. The van der Waals surface area contributed by atoms with Crippen LogP contribution in [0, 0.1) is 6.92 Å². The smallest absolute Gasteiger partial charge is 0.335 e. The molecule has 141 heavy (non-hydrogen) atoms. The Balaban J connectivity index is 0.000000280. The van der Waals surface area contributed by atoms with Crippen LogP contribution in [-0.2, 0) is 88.6 Å². The number of rotatable bonds is 21. The van der Waals surface area contributed by atoms with Crippen LogP contribution < -0.4 is 33.7 Å². The summed E-state index contributed by atoms with van der Waals surface area (Å²) >= 11 is 0. The van der Waals surface area contributed by atoms with E-state index in [0.29, 0.717) is 12.2 Å². The number of nitrogens with one attached hydrogen (secondary N) is 3. The Kier molecular flexibility index (Phi) is 39.7. The molecule has 5 fully saturated rings. The van der Waals surface area contributed by atoms with Gasteiger partial charge in [0.2, 0.25) is 0 Å². The number of aromatic nitrogens is 6. The van der Waals surface area contributed by atoms with Crippen molar-refractivity contribution in [2.45, 2.75) is 391 Å². The number of azide groups is 3. The summed E-state index contributed by atoms with van der Waals surface area (Å²) < 4.78 is 88.5. The average Bonchev–Trinajstić information content (AvgIpc) is 1.59. The Labute approximate surface area is 842 Å². The number of nitrogens with zero attached hydrogens (tertiary/aromatic N) is 14. The minimum absolute atomic E-state index is 0. The van der Waals surface area contributed by atoms with Crippen molar-refractivity contribution < 1.29 is 85.8 Å². The third kappa shape index (κ3) is 26.5. The monoisotopic (exact) mass is 2090 g/mol. The van der Waals surface area contributed by atoms with E-state index in [9.17, 15) is 58.0 Å². The van der Waals surface area contributed by atoms with E-state index in [-0.39, 0.29) is 106 Å². The maximum Gasteiger partial charge on any atom is 0.335 e. The second kappa shape index (κ2) is 46.3. The maximum absolute atomic E-state index is 12.7. The second-order valence-corrected chi connectivity index (χ2v) is 64.0. The van der Waals surface area contributed by atoms with Crippen molar-refractivity contribution in [3.05, 3.63) is 230 Å². The van der Waals surface area contributed by atoms with Crippen LogP contribution >= 0.6 is 0 Å². The molecule has 7 N–H and O–H groups in total. The molecule has 3 aromatic carbocycles. The first kappa shape index (κ1) is 121. The van der Waals surface area contributed by atoms with Gasteiger partial charge in [0, 0.05) is 113 Å². The summed E-state index contributed by atoms with van der Waals surface area (Å²) in [6.07, 6.45) is 0.173. The number of fused-ring (bicyclic) bond motifs is 2. The topological polar surface area (TPSA) is 534 Å². The Morgan fingerprint density at radius 2 is 0.858 bits per heavy atom. The average molecular weight is 2100 g/mol. The van der Waals surface area contributed by atoms with Gasteiger partial charge >= 0.3 is 51.3 Å². The molecule has 0 spiro atoms. The number of aromatic hydroxyl groups is 2. The largest absolute Gasteiger partial charge is 0.507 e. The fraction of sp³-hybridized carbons (Fsp3) is 0.649. The summed E-state index contributed by atoms with van der Waals surface area (Å²) in [5.41, 5.74) is 26.5. The predicted octanol–water partition coefficient (Wildman–Crippen LogP) is 18.6. The molecule has 0 bridgehead atoms. The first-order valence-electron chi connectivity index (χ1n) is 47.6. The van der Waals surface area contributed by atoms with Crippen LogP contribution in [0.25, 0.3) is 31.3 Å². The van der Waals surface area contributed by atoms with Crippen molar-refractivity contribution in [2.24, 2.45) is 24.7 Å². The third-order valence-corrected chi connectivity index (χ3v) is 48.7. The van der Waals surface area contributed by atoms with Crippen LogP contribution in [0.1, 0.15) is 293 Å². The van der Waals surface area contributed by atoms with Gasteiger partial charge in [0.25, 0.3) is 26.7 Å². The Hall–Kier alpha value is -8.81. The van der Waals surface area contributed by atoms with E-state index < -0.39 is 162 Å². The molecule has 0 saturated carbocycles. The first-order chi connectivity index (χ1) is 64.3. The molecular weight excluding hydrogens is 1940 g/mol. The van der Waals surface area contributed by atoms with E-state index >= 15 is 0 Å². The Morgan fingerprint density at radius 1 is 0.504 bits per heavy atom. The molecule has 44 heteroatoms. The van der Waals surface area contributed by atoms with Gasteiger partial charge in [0.1, 0.15) is 47.0 Å². The number of hydrogen-bond acceptors (Lipinski definition) is 25. The molecule has 38 nitrogen and oxygen atoms in total. The van der Waals surface area contributed by atoms with Crippen LogP contribution in [0.3, 0.4) is 0 Å². The van der Waals surface area contributed by atoms with Gasteiger partial charge in [-0.15, -0.1) is 0 Å². The minimum atomic E-state index is -3.82. The molecular formula is C97H153CoN17O21SSi4. The van der Waals surface area contributed by atoms with Crippen LogP contribution in [0.4, 0.5) is 0 Å². The van der Waals surface area contributed by atoms with E-state index in [1.807, 2.05) is 24.0 Å². The van der Waals surface area contributed by atoms with E-state index in [4.69, 9.17) is 66.3 Å². The van der Waals surface area contributed by atoms with Crippen molar-refractivity contribution in [3.8, 4) is 11.5 Å². The van der Waals surface area contributed by atoms with Crippen molar-refractivity contribution >= 4 is 56.7 Å². The molecule has 0 unspecified atom stereocenters. The van der Waals surface area contributed by atoms with Crippen LogP contribution in [0.15, 0.2) is 156 Å². The van der Waals surface area contributed by atoms with E-state index in [0.717, 1.165) is 49.6 Å². The number of benzene rings is 3. The number of sulfonamides is 1. The van der Waals surface area contributed by atoms with Gasteiger partial charge in [-0.3, -0.25) is 53.0 Å². The molecule has 11 rings (SSSR count). The normalized spacial score (nSPS) is 23.6. The summed E-state index contributed by atoms with van der Waals surface area (Å²) in [4.78, 5) is 95.7. The maximum atomic E-state index is 12.7. The van der Waals surface area contributed by atoms with Crippen molar-refractivity contribution in [1.82, 2.24) is 28.7 Å². The van der Waals surface area contributed by atoms with Crippen molar-refractivity contribution in [1.29, 1.82) is 0 Å². The van der Waals surface area contributed by atoms with Gasteiger partial charge in [0.05, 0.1) is 48.0 Å². The van der Waals surface area contributed by atoms with Gasteiger partial charge in [-0.05, 0) is 166 Å². The summed E-state index contributed by atoms with van der Waals surface area (Å²) in [5.74, 6) is 0.556. The van der Waals surface area contributed by atoms with Crippen LogP contribution in [-0.4, -0.2) is 183 Å². The number of aryl methyl sites for hydroxylation is 1. The number of H-pyrrole nitrogens is 3. The van der Waals surface area contributed by atoms with Crippen molar-refractivity contribution in [2.75, 3.05) is 19.8 Å². The molecule has 5 aliphatic heterocycles. The summed E-state index contributed by atoms with van der Waals surface area (Å²) in [5, 5.41) is 49.3. The molecule has 8 heterocycles. The number of aliphatic imine (C=N–C) groups is 2. The molecule has 5 aliphatic rings. The van der Waals surface area contributed by atoms with E-state index in [1.165, 1.54) is 58.9 Å². The molecule has 0 aliphatic carbocycles. The summed E-state index contributed by atoms with van der Waals surface area (Å²) in [6, 6.07) is 18.0. The van der Waals surface area contributed by atoms with Crippen LogP contribution in [0.2, 0.25) is 44.3 Å². The molecule has 6 aromatic rings. The zero-order chi connectivity index (χ0) is 106. The molecule has 783 valence electrons. The Bertz CT molecular complexity index is 5980. The number of ether oxygens (including phenoxy) is 3. The molecule has 3 aromatic heterocycles. The Morgan fingerprint density at radius 3 is 1.20 bits per heavy atom. The zero-order valence-electron chi connectivity index (χ0n) is 88.6.